The van der Waals surface area contributed by atoms with Crippen molar-refractivity contribution in [3.63, 3.8) is 0 Å². The highest BCUT2D eigenvalue weighted by Gasteiger charge is 2.16. The second-order valence-electron chi connectivity index (χ2n) is 6.35. The zero-order chi connectivity index (χ0) is 21.1. The van der Waals surface area contributed by atoms with Gasteiger partial charge in [-0.2, -0.15) is 5.10 Å². The summed E-state index contributed by atoms with van der Waals surface area (Å²) in [5, 5.41) is 27.9. The van der Waals surface area contributed by atoms with Crippen molar-refractivity contribution in [2.24, 2.45) is 0 Å². The number of aromatic hydroxyl groups is 1. The van der Waals surface area contributed by atoms with Crippen LogP contribution in [0.25, 0.3) is 11.3 Å². The molecule has 0 aliphatic heterocycles. The number of aromatic nitrogens is 4. The summed E-state index contributed by atoms with van der Waals surface area (Å²) >= 11 is 2.54. The third-order valence-electron chi connectivity index (χ3n) is 4.27. The van der Waals surface area contributed by atoms with Gasteiger partial charge in [0.2, 0.25) is 5.13 Å². The third-order valence-corrected chi connectivity index (χ3v) is 6.29. The number of thioether (sulfide) groups is 1. The van der Waals surface area contributed by atoms with E-state index in [0.717, 1.165) is 5.56 Å². The van der Waals surface area contributed by atoms with Crippen molar-refractivity contribution >= 4 is 34.1 Å². The highest BCUT2D eigenvalue weighted by molar-refractivity contribution is 8.00. The molecule has 10 heteroatoms. The van der Waals surface area contributed by atoms with Crippen LogP contribution < -0.4 is 5.32 Å². The van der Waals surface area contributed by atoms with E-state index in [-0.39, 0.29) is 17.3 Å². The van der Waals surface area contributed by atoms with E-state index in [2.05, 4.69) is 25.7 Å². The molecule has 0 saturated heterocycles. The number of carbonyl (C=O) groups excluding carboxylic acids is 1. The lowest BCUT2D eigenvalue weighted by Gasteiger charge is -2.03. The van der Waals surface area contributed by atoms with Crippen molar-refractivity contribution < 1.29 is 14.3 Å². The number of aromatic amines is 1. The number of aryl methyl sites for hydroxylation is 1. The van der Waals surface area contributed by atoms with Gasteiger partial charge in [0.25, 0.3) is 5.91 Å². The fraction of sp³-hybridized carbons (Fsp3) is 0.100. The normalized spacial score (nSPS) is 10.9. The Bertz CT molecular complexity index is 1210. The summed E-state index contributed by atoms with van der Waals surface area (Å²) in [7, 11) is 0. The minimum Gasteiger partial charge on any atom is -0.507 e. The summed E-state index contributed by atoms with van der Waals surface area (Å²) in [6.45, 7) is 1.79. The van der Waals surface area contributed by atoms with E-state index in [1.165, 1.54) is 29.2 Å². The molecular weight excluding hydrogens is 425 g/mol. The molecular formula is C20H16FN5O2S2. The van der Waals surface area contributed by atoms with Crippen LogP contribution in [-0.4, -0.2) is 31.4 Å². The summed E-state index contributed by atoms with van der Waals surface area (Å²) in [6.07, 6.45) is 0. The van der Waals surface area contributed by atoms with Gasteiger partial charge < -0.3 is 5.11 Å². The minimum absolute atomic E-state index is 0.122. The first-order valence-corrected chi connectivity index (χ1v) is 10.7. The van der Waals surface area contributed by atoms with Crippen molar-refractivity contribution in [2.75, 3.05) is 5.32 Å². The Morgan fingerprint density at radius 2 is 2.07 bits per heavy atom. The third kappa shape index (κ3) is 4.34. The van der Waals surface area contributed by atoms with Crippen molar-refractivity contribution in [1.82, 2.24) is 20.4 Å². The van der Waals surface area contributed by atoms with Crippen LogP contribution >= 0.6 is 23.1 Å². The number of H-pyrrole nitrogens is 1. The first-order valence-electron chi connectivity index (χ1n) is 8.86. The van der Waals surface area contributed by atoms with Crippen LogP contribution in [0, 0.1) is 12.7 Å². The number of amides is 1. The number of rotatable bonds is 6. The number of benzene rings is 2. The van der Waals surface area contributed by atoms with E-state index in [0.29, 0.717) is 32.0 Å². The fourth-order valence-corrected chi connectivity index (χ4v) is 4.41. The topological polar surface area (TPSA) is 104 Å². The molecule has 4 aromatic rings. The molecule has 0 spiro atoms. The molecule has 0 aliphatic rings. The number of nitrogens with zero attached hydrogens (tertiary/aromatic N) is 3. The largest absolute Gasteiger partial charge is 0.507 e. The summed E-state index contributed by atoms with van der Waals surface area (Å²) in [6, 6.07) is 13.4. The molecule has 0 atom stereocenters. The summed E-state index contributed by atoms with van der Waals surface area (Å²) in [5.74, 6) is -0.156. The minimum atomic E-state index is -0.428. The van der Waals surface area contributed by atoms with Gasteiger partial charge >= 0.3 is 0 Å². The Balaban J connectivity index is 1.41. The molecule has 0 unspecified atom stereocenters. The predicted octanol–water partition coefficient (Wildman–Crippen LogP) is 4.63. The Hall–Kier alpha value is -3.24. The molecule has 3 N–H and O–H groups in total. The number of halogens is 1. The summed E-state index contributed by atoms with van der Waals surface area (Å²) < 4.78 is 14.3. The lowest BCUT2D eigenvalue weighted by atomic mass is 10.1. The smallest absolute Gasteiger partial charge is 0.275 e. The van der Waals surface area contributed by atoms with Crippen LogP contribution in [0.2, 0.25) is 0 Å². The SMILES string of the molecule is Cc1cccc(-c2cc(C(=O)Nc3nnc(SCc4ccccc4F)s3)[nH]n2)c1O. The van der Waals surface area contributed by atoms with Gasteiger partial charge in [0.1, 0.15) is 17.3 Å². The zero-order valence-electron chi connectivity index (χ0n) is 15.7. The van der Waals surface area contributed by atoms with Gasteiger partial charge in [0.05, 0.1) is 5.69 Å². The maximum absolute atomic E-state index is 13.7. The first kappa shape index (κ1) is 20.0. The Morgan fingerprint density at radius 3 is 2.90 bits per heavy atom. The molecule has 152 valence electrons. The quantitative estimate of drug-likeness (QED) is 0.298. The Kier molecular flexibility index (Phi) is 5.77. The molecule has 2 heterocycles. The molecule has 0 fully saturated rings. The van der Waals surface area contributed by atoms with Crippen molar-refractivity contribution in [3.8, 4) is 17.0 Å². The average Bonchev–Trinajstić information content (AvgIpc) is 3.39. The van der Waals surface area contributed by atoms with Crippen LogP contribution in [0.5, 0.6) is 5.75 Å². The number of hydrogen-bond acceptors (Lipinski definition) is 7. The number of phenolic OH excluding ortho intramolecular Hbond substituents is 1. The van der Waals surface area contributed by atoms with E-state index in [1.807, 2.05) is 0 Å². The number of anilines is 1. The highest BCUT2D eigenvalue weighted by atomic mass is 32.2. The monoisotopic (exact) mass is 441 g/mol. The molecule has 1 amide bonds. The molecule has 0 bridgehead atoms. The molecule has 30 heavy (non-hydrogen) atoms. The second-order valence-corrected chi connectivity index (χ2v) is 8.55. The van der Waals surface area contributed by atoms with Gasteiger partial charge in [-0.3, -0.25) is 15.2 Å². The van der Waals surface area contributed by atoms with Gasteiger partial charge in [-0.05, 0) is 36.2 Å². The van der Waals surface area contributed by atoms with Crippen LogP contribution in [0.15, 0.2) is 52.9 Å². The Morgan fingerprint density at radius 1 is 1.23 bits per heavy atom. The molecule has 4 rings (SSSR count). The van der Waals surface area contributed by atoms with E-state index < -0.39 is 5.91 Å². The maximum atomic E-state index is 13.7. The van der Waals surface area contributed by atoms with E-state index >= 15 is 0 Å². The molecule has 2 aromatic carbocycles. The second kappa shape index (κ2) is 8.64. The summed E-state index contributed by atoms with van der Waals surface area (Å²) in [4.78, 5) is 12.5. The van der Waals surface area contributed by atoms with Crippen molar-refractivity contribution in [3.05, 3.63) is 71.2 Å². The van der Waals surface area contributed by atoms with Crippen molar-refractivity contribution in [2.45, 2.75) is 17.0 Å². The van der Waals surface area contributed by atoms with Gasteiger partial charge in [-0.15, -0.1) is 10.2 Å². The van der Waals surface area contributed by atoms with Crippen LogP contribution in [0.4, 0.5) is 9.52 Å². The van der Waals surface area contributed by atoms with Crippen LogP contribution in [0.1, 0.15) is 21.6 Å². The number of phenols is 1. The first-order chi connectivity index (χ1) is 14.5. The molecule has 2 aromatic heterocycles. The molecule has 0 saturated carbocycles. The van der Waals surface area contributed by atoms with Crippen LogP contribution in [0.3, 0.4) is 0 Å². The number of hydrogen-bond donors (Lipinski definition) is 3. The van der Waals surface area contributed by atoms with Crippen LogP contribution in [-0.2, 0) is 5.75 Å². The zero-order valence-corrected chi connectivity index (χ0v) is 17.4. The lowest BCUT2D eigenvalue weighted by molar-refractivity contribution is 0.102. The average molecular weight is 442 g/mol. The van der Waals surface area contributed by atoms with Crippen molar-refractivity contribution in [1.29, 1.82) is 0 Å². The summed E-state index contributed by atoms with van der Waals surface area (Å²) in [5.41, 5.74) is 2.51. The maximum Gasteiger partial charge on any atom is 0.275 e. The number of carbonyl (C=O) groups is 1. The molecule has 7 nitrogen and oxygen atoms in total. The van der Waals surface area contributed by atoms with E-state index in [1.54, 1.807) is 49.4 Å². The van der Waals surface area contributed by atoms with Gasteiger partial charge in [-0.25, -0.2) is 4.39 Å². The van der Waals surface area contributed by atoms with E-state index in [9.17, 15) is 14.3 Å². The number of nitrogens with one attached hydrogen (secondary N) is 2. The predicted molar refractivity (Wildman–Crippen MR) is 114 cm³/mol. The lowest BCUT2D eigenvalue weighted by Crippen LogP contribution is -2.12. The highest BCUT2D eigenvalue weighted by Crippen LogP contribution is 2.31. The fourth-order valence-electron chi connectivity index (χ4n) is 2.68. The molecule has 0 aliphatic carbocycles. The standard InChI is InChI=1S/C20H16FN5O2S2/c1-11-5-4-7-13(17(11)27)15-9-16(24-23-15)18(28)22-19-25-26-20(30-19)29-10-12-6-2-3-8-14(12)21/h2-9,27H,10H2,1H3,(H,23,24)(H,22,25,28). The van der Waals surface area contributed by atoms with Gasteiger partial charge in [0.15, 0.2) is 4.34 Å². The van der Waals surface area contributed by atoms with Gasteiger partial charge in [0, 0.05) is 11.3 Å². The number of para-hydroxylation sites is 1. The Labute approximate surface area is 179 Å². The molecule has 0 radical (unpaired) electrons. The van der Waals surface area contributed by atoms with E-state index in [4.69, 9.17) is 0 Å². The van der Waals surface area contributed by atoms with Gasteiger partial charge in [-0.1, -0.05) is 53.4 Å².